The molecule has 2 rings (SSSR count). The van der Waals surface area contributed by atoms with Gasteiger partial charge in [0.25, 0.3) is 0 Å². The van der Waals surface area contributed by atoms with Crippen molar-refractivity contribution in [3.8, 4) is 11.6 Å². The molecule has 0 aliphatic heterocycles. The summed E-state index contributed by atoms with van der Waals surface area (Å²) in [5, 5.41) is 4.77. The van der Waals surface area contributed by atoms with Gasteiger partial charge in [-0.05, 0) is 18.6 Å². The SMILES string of the molecule is CCCCCCCCOc1c/c(=N/C(=O)OC)cnn1-c1ccccc1. The van der Waals surface area contributed by atoms with Gasteiger partial charge in [-0.1, -0.05) is 57.2 Å². The highest BCUT2D eigenvalue weighted by molar-refractivity contribution is 5.68. The van der Waals surface area contributed by atoms with Crippen molar-refractivity contribution in [3.63, 3.8) is 0 Å². The van der Waals surface area contributed by atoms with E-state index in [0.717, 1.165) is 18.5 Å². The van der Waals surface area contributed by atoms with Crippen molar-refractivity contribution in [2.24, 2.45) is 4.99 Å². The third kappa shape index (κ3) is 6.35. The van der Waals surface area contributed by atoms with Gasteiger partial charge >= 0.3 is 6.09 Å². The molecule has 0 unspecified atom stereocenters. The Balaban J connectivity index is 2.10. The zero-order valence-electron chi connectivity index (χ0n) is 15.6. The van der Waals surface area contributed by atoms with Crippen molar-refractivity contribution in [2.75, 3.05) is 13.7 Å². The van der Waals surface area contributed by atoms with Crippen LogP contribution in [0, 0.1) is 0 Å². The molecule has 140 valence electrons. The molecule has 26 heavy (non-hydrogen) atoms. The van der Waals surface area contributed by atoms with Crippen molar-refractivity contribution in [3.05, 3.63) is 48.0 Å². The Morgan fingerprint density at radius 3 is 2.58 bits per heavy atom. The molecule has 0 saturated carbocycles. The van der Waals surface area contributed by atoms with E-state index in [9.17, 15) is 4.79 Å². The first-order chi connectivity index (χ1) is 12.7. The van der Waals surface area contributed by atoms with Gasteiger partial charge in [0.1, 0.15) is 0 Å². The highest BCUT2D eigenvalue weighted by atomic mass is 16.5. The molecule has 0 saturated heterocycles. The van der Waals surface area contributed by atoms with Gasteiger partial charge in [0, 0.05) is 6.07 Å². The van der Waals surface area contributed by atoms with Gasteiger partial charge in [0.05, 0.1) is 31.0 Å². The summed E-state index contributed by atoms with van der Waals surface area (Å²) in [5.74, 6) is 0.551. The second-order valence-corrected chi connectivity index (χ2v) is 6.00. The summed E-state index contributed by atoms with van der Waals surface area (Å²) in [6.45, 7) is 2.81. The van der Waals surface area contributed by atoms with E-state index in [0.29, 0.717) is 17.8 Å². The maximum Gasteiger partial charge on any atom is 0.433 e. The number of unbranched alkanes of at least 4 members (excludes halogenated alkanes) is 5. The van der Waals surface area contributed by atoms with Crippen LogP contribution in [0.1, 0.15) is 45.4 Å². The summed E-state index contributed by atoms with van der Waals surface area (Å²) in [4.78, 5) is 15.2. The number of methoxy groups -OCH3 is 1. The van der Waals surface area contributed by atoms with Gasteiger partial charge in [-0.2, -0.15) is 10.1 Å². The molecule has 0 atom stereocenters. The van der Waals surface area contributed by atoms with Crippen molar-refractivity contribution in [1.82, 2.24) is 9.78 Å². The Labute approximate surface area is 154 Å². The number of nitrogens with zero attached hydrogens (tertiary/aromatic N) is 3. The summed E-state index contributed by atoms with van der Waals surface area (Å²) >= 11 is 0. The van der Waals surface area contributed by atoms with Crippen LogP contribution in [0.5, 0.6) is 5.88 Å². The van der Waals surface area contributed by atoms with Crippen LogP contribution in [0.3, 0.4) is 0 Å². The number of ether oxygens (including phenoxy) is 2. The average molecular weight is 357 g/mol. The van der Waals surface area contributed by atoms with Crippen LogP contribution in [-0.4, -0.2) is 29.6 Å². The lowest BCUT2D eigenvalue weighted by molar-refractivity contribution is 0.181. The van der Waals surface area contributed by atoms with Gasteiger partial charge in [0.15, 0.2) is 0 Å². The van der Waals surface area contributed by atoms with E-state index in [4.69, 9.17) is 4.74 Å². The standard InChI is InChI=1S/C20H27N3O3/c1-3-4-5-6-7-11-14-26-19-15-17(22-20(24)25-2)16-21-23(19)18-12-9-8-10-13-18/h8-10,12-13,15-16H,3-7,11,14H2,1-2H3/b22-17-. The quantitative estimate of drug-likeness (QED) is 0.628. The maximum absolute atomic E-state index is 11.4. The molecule has 1 aromatic heterocycles. The number of para-hydroxylation sites is 1. The third-order valence-electron chi connectivity index (χ3n) is 3.93. The summed E-state index contributed by atoms with van der Waals surface area (Å²) in [7, 11) is 1.29. The Bertz CT molecular complexity index is 741. The van der Waals surface area contributed by atoms with E-state index < -0.39 is 6.09 Å². The number of hydrogen-bond acceptors (Lipinski definition) is 4. The summed E-state index contributed by atoms with van der Waals surface area (Å²) in [6, 6.07) is 11.4. The molecular formula is C20H27N3O3. The molecule has 1 heterocycles. The van der Waals surface area contributed by atoms with Gasteiger partial charge in [-0.15, -0.1) is 0 Å². The van der Waals surface area contributed by atoms with Crippen LogP contribution >= 0.6 is 0 Å². The van der Waals surface area contributed by atoms with Gasteiger partial charge in [-0.3, -0.25) is 0 Å². The molecule has 1 amide bonds. The largest absolute Gasteiger partial charge is 0.478 e. The Kier molecular flexibility index (Phi) is 8.39. The Morgan fingerprint density at radius 1 is 1.12 bits per heavy atom. The minimum absolute atomic E-state index is 0.405. The predicted molar refractivity (Wildman–Crippen MR) is 100 cm³/mol. The van der Waals surface area contributed by atoms with Crippen molar-refractivity contribution in [2.45, 2.75) is 45.4 Å². The van der Waals surface area contributed by atoms with Crippen LogP contribution in [0.15, 0.2) is 47.6 Å². The molecular weight excluding hydrogens is 330 g/mol. The Morgan fingerprint density at radius 2 is 1.85 bits per heavy atom. The second kappa shape index (κ2) is 11.1. The number of rotatable bonds is 9. The molecule has 0 aliphatic rings. The molecule has 6 heteroatoms. The van der Waals surface area contributed by atoms with Crippen LogP contribution in [0.2, 0.25) is 0 Å². The lowest BCUT2D eigenvalue weighted by atomic mass is 10.1. The van der Waals surface area contributed by atoms with E-state index in [1.165, 1.54) is 39.0 Å². The molecule has 0 spiro atoms. The van der Waals surface area contributed by atoms with Gasteiger partial charge in [-0.25, -0.2) is 9.48 Å². The fourth-order valence-corrected chi connectivity index (χ4v) is 2.54. The normalized spacial score (nSPS) is 11.4. The molecule has 0 fully saturated rings. The van der Waals surface area contributed by atoms with E-state index in [-0.39, 0.29) is 0 Å². The smallest absolute Gasteiger partial charge is 0.433 e. The van der Waals surface area contributed by atoms with E-state index in [1.807, 2.05) is 30.3 Å². The predicted octanol–water partition coefficient (Wildman–Crippen LogP) is 4.28. The van der Waals surface area contributed by atoms with E-state index in [2.05, 4.69) is 21.8 Å². The maximum atomic E-state index is 11.4. The fourth-order valence-electron chi connectivity index (χ4n) is 2.54. The zero-order valence-corrected chi connectivity index (χ0v) is 15.6. The van der Waals surface area contributed by atoms with Crippen LogP contribution in [0.25, 0.3) is 5.69 Å². The highest BCUT2D eigenvalue weighted by Gasteiger charge is 2.06. The number of carbonyl (C=O) groups excluding carboxylic acids is 1. The fraction of sp³-hybridized carbons (Fsp3) is 0.450. The molecule has 6 nitrogen and oxygen atoms in total. The monoisotopic (exact) mass is 357 g/mol. The number of hydrogen-bond donors (Lipinski definition) is 0. The van der Waals surface area contributed by atoms with E-state index in [1.54, 1.807) is 10.7 Å². The third-order valence-corrected chi connectivity index (χ3v) is 3.93. The first-order valence-electron chi connectivity index (χ1n) is 9.15. The zero-order chi connectivity index (χ0) is 18.6. The van der Waals surface area contributed by atoms with Crippen molar-refractivity contribution in [1.29, 1.82) is 0 Å². The van der Waals surface area contributed by atoms with Crippen LogP contribution < -0.4 is 10.1 Å². The minimum atomic E-state index is -0.661. The molecule has 0 bridgehead atoms. The highest BCUT2D eigenvalue weighted by Crippen LogP contribution is 2.15. The molecule has 2 aromatic rings. The number of amides is 1. The summed E-state index contributed by atoms with van der Waals surface area (Å²) in [5.41, 5.74) is 0.884. The first kappa shape index (κ1) is 19.7. The number of benzene rings is 1. The second-order valence-electron chi connectivity index (χ2n) is 6.00. The molecule has 0 N–H and O–H groups in total. The lowest BCUT2D eigenvalue weighted by Gasteiger charge is -2.13. The number of aromatic nitrogens is 2. The summed E-state index contributed by atoms with van der Waals surface area (Å²) < 4.78 is 12.2. The lowest BCUT2D eigenvalue weighted by Crippen LogP contribution is -2.15. The topological polar surface area (TPSA) is 65.7 Å². The van der Waals surface area contributed by atoms with Crippen molar-refractivity contribution >= 4 is 6.09 Å². The van der Waals surface area contributed by atoms with Gasteiger partial charge in [0.2, 0.25) is 5.88 Å². The first-order valence-corrected chi connectivity index (χ1v) is 9.15. The number of carbonyl (C=O) groups is 1. The molecule has 1 aromatic carbocycles. The summed E-state index contributed by atoms with van der Waals surface area (Å²) in [6.07, 6.45) is 8.02. The van der Waals surface area contributed by atoms with Crippen molar-refractivity contribution < 1.29 is 14.3 Å². The molecule has 0 aliphatic carbocycles. The van der Waals surface area contributed by atoms with Gasteiger partial charge < -0.3 is 9.47 Å². The Hall–Kier alpha value is -2.63. The minimum Gasteiger partial charge on any atom is -0.478 e. The molecule has 0 radical (unpaired) electrons. The van der Waals surface area contributed by atoms with Crippen LogP contribution in [0.4, 0.5) is 4.79 Å². The van der Waals surface area contributed by atoms with E-state index >= 15 is 0 Å². The van der Waals surface area contributed by atoms with Crippen LogP contribution in [-0.2, 0) is 4.74 Å². The average Bonchev–Trinajstić information content (AvgIpc) is 2.68.